The Kier molecular flexibility index (Phi) is 5.10. The Bertz CT molecular complexity index is 1460. The Balaban J connectivity index is 1.99. The maximum Gasteiger partial charge on any atom is 0.337 e. The number of thiophene rings is 1. The number of nitro groups is 1. The van der Waals surface area contributed by atoms with Crippen LogP contribution in [0.4, 0.5) is 5.69 Å². The van der Waals surface area contributed by atoms with E-state index in [2.05, 4.69) is 0 Å². The largest absolute Gasteiger partial charge is 0.337 e. The second kappa shape index (κ2) is 7.63. The van der Waals surface area contributed by atoms with Gasteiger partial charge in [0.1, 0.15) is 4.83 Å². The molecule has 2 aromatic carbocycles. The van der Waals surface area contributed by atoms with Crippen molar-refractivity contribution in [2.45, 2.75) is 34.2 Å². The number of aromatic nitrogens is 2. The van der Waals surface area contributed by atoms with Gasteiger partial charge in [0.2, 0.25) is 0 Å². The van der Waals surface area contributed by atoms with Gasteiger partial charge >= 0.3 is 5.69 Å². The van der Waals surface area contributed by atoms with Crippen LogP contribution in [0.15, 0.2) is 52.1 Å². The van der Waals surface area contributed by atoms with E-state index in [1.165, 1.54) is 28.0 Å². The summed E-state index contributed by atoms with van der Waals surface area (Å²) in [6.45, 7) is 7.95. The van der Waals surface area contributed by atoms with Crippen LogP contribution in [0.1, 0.15) is 27.1 Å². The van der Waals surface area contributed by atoms with Crippen LogP contribution >= 0.6 is 11.3 Å². The highest BCUT2D eigenvalue weighted by Crippen LogP contribution is 2.28. The summed E-state index contributed by atoms with van der Waals surface area (Å²) in [7, 11) is 0. The molecule has 0 aliphatic rings. The highest BCUT2D eigenvalue weighted by atomic mass is 32.1. The molecule has 0 N–H and O–H groups in total. The van der Waals surface area contributed by atoms with Crippen LogP contribution in [-0.4, -0.2) is 14.1 Å². The number of nitrogens with zero attached hydrogens (tertiary/aromatic N) is 3. The lowest BCUT2D eigenvalue weighted by Crippen LogP contribution is -2.39. The third-order valence-corrected chi connectivity index (χ3v) is 6.92. The second-order valence-corrected chi connectivity index (χ2v) is 8.87. The number of hydrogen-bond acceptors (Lipinski definition) is 5. The van der Waals surface area contributed by atoms with E-state index in [9.17, 15) is 19.7 Å². The molecule has 4 aromatic rings. The van der Waals surface area contributed by atoms with E-state index in [0.717, 1.165) is 27.1 Å². The zero-order chi connectivity index (χ0) is 22.4. The van der Waals surface area contributed by atoms with Crippen molar-refractivity contribution in [2.24, 2.45) is 0 Å². The number of rotatable bonds is 4. The molecule has 2 heterocycles. The molecule has 0 bridgehead atoms. The van der Waals surface area contributed by atoms with E-state index in [4.69, 9.17) is 0 Å². The topological polar surface area (TPSA) is 87.1 Å². The molecular weight excluding hydrogens is 414 g/mol. The summed E-state index contributed by atoms with van der Waals surface area (Å²) >= 11 is 1.41. The molecular formula is C23H21N3O4S. The van der Waals surface area contributed by atoms with Gasteiger partial charge in [-0.15, -0.1) is 11.3 Å². The minimum atomic E-state index is -0.458. The third kappa shape index (κ3) is 3.48. The normalized spacial score (nSPS) is 11.2. The van der Waals surface area contributed by atoms with Crippen LogP contribution in [0.2, 0.25) is 0 Å². The first kappa shape index (κ1) is 20.7. The Hall–Kier alpha value is -3.52. The SMILES string of the molecule is Cc1ccc(-n2c(=O)c3c(C)c(C)sc3n(Cc3ccc([N+](=O)[O-])cc3)c2=O)cc1C. The third-order valence-electron chi connectivity index (χ3n) is 5.69. The summed E-state index contributed by atoms with van der Waals surface area (Å²) in [5, 5.41) is 11.5. The molecule has 0 fully saturated rings. The van der Waals surface area contributed by atoms with Crippen molar-refractivity contribution in [1.82, 2.24) is 9.13 Å². The lowest BCUT2D eigenvalue weighted by Gasteiger charge is -2.13. The number of non-ortho nitro benzene ring substituents is 1. The van der Waals surface area contributed by atoms with E-state index >= 15 is 0 Å². The van der Waals surface area contributed by atoms with Crippen molar-refractivity contribution < 1.29 is 4.92 Å². The maximum atomic E-state index is 13.5. The summed E-state index contributed by atoms with van der Waals surface area (Å²) in [4.78, 5) is 39.0. The number of fused-ring (bicyclic) bond motifs is 1. The van der Waals surface area contributed by atoms with E-state index in [1.54, 1.807) is 22.8 Å². The first-order valence-corrected chi connectivity index (χ1v) is 10.6. The molecule has 0 amide bonds. The molecule has 0 radical (unpaired) electrons. The summed E-state index contributed by atoms with van der Waals surface area (Å²) in [6.07, 6.45) is 0. The van der Waals surface area contributed by atoms with Gasteiger partial charge in [0.25, 0.3) is 11.2 Å². The number of benzene rings is 2. The minimum Gasteiger partial charge on any atom is -0.280 e. The van der Waals surface area contributed by atoms with E-state index in [0.29, 0.717) is 15.9 Å². The Labute approximate surface area is 182 Å². The van der Waals surface area contributed by atoms with E-state index in [-0.39, 0.29) is 17.8 Å². The van der Waals surface area contributed by atoms with E-state index < -0.39 is 10.6 Å². The average Bonchev–Trinajstić information content (AvgIpc) is 3.03. The van der Waals surface area contributed by atoms with Gasteiger partial charge in [-0.25, -0.2) is 9.36 Å². The second-order valence-electron chi connectivity index (χ2n) is 7.66. The van der Waals surface area contributed by atoms with Gasteiger partial charge < -0.3 is 0 Å². The Morgan fingerprint density at radius 3 is 2.26 bits per heavy atom. The fourth-order valence-electron chi connectivity index (χ4n) is 3.59. The highest BCUT2D eigenvalue weighted by molar-refractivity contribution is 7.18. The van der Waals surface area contributed by atoms with Crippen molar-refractivity contribution in [3.05, 3.63) is 101 Å². The minimum absolute atomic E-state index is 0.0100. The van der Waals surface area contributed by atoms with Gasteiger partial charge in [-0.1, -0.05) is 18.2 Å². The lowest BCUT2D eigenvalue weighted by atomic mass is 10.1. The van der Waals surface area contributed by atoms with Crippen molar-refractivity contribution >= 4 is 27.2 Å². The van der Waals surface area contributed by atoms with Gasteiger partial charge in [0, 0.05) is 17.0 Å². The number of hydrogen-bond donors (Lipinski definition) is 0. The first-order valence-electron chi connectivity index (χ1n) is 9.75. The van der Waals surface area contributed by atoms with Crippen molar-refractivity contribution in [3.8, 4) is 5.69 Å². The standard InChI is InChI=1S/C23H21N3O4S/c1-13-5-8-19(11-14(13)2)25-21(27)20-15(3)16(4)31-22(20)24(23(25)28)12-17-6-9-18(10-7-17)26(29)30/h5-11H,12H2,1-4H3. The fourth-order valence-corrected chi connectivity index (χ4v) is 4.74. The Morgan fingerprint density at radius 1 is 0.968 bits per heavy atom. The molecule has 0 spiro atoms. The van der Waals surface area contributed by atoms with E-state index in [1.807, 2.05) is 39.8 Å². The van der Waals surface area contributed by atoms with Gasteiger partial charge in [-0.3, -0.25) is 19.5 Å². The van der Waals surface area contributed by atoms with Gasteiger partial charge in [0.15, 0.2) is 0 Å². The molecule has 31 heavy (non-hydrogen) atoms. The predicted octanol–water partition coefficient (Wildman–Crippen LogP) is 4.40. The van der Waals surface area contributed by atoms with Crippen LogP contribution < -0.4 is 11.2 Å². The van der Waals surface area contributed by atoms with Crippen molar-refractivity contribution in [2.75, 3.05) is 0 Å². The lowest BCUT2D eigenvalue weighted by molar-refractivity contribution is -0.384. The molecule has 0 unspecified atom stereocenters. The van der Waals surface area contributed by atoms with Crippen molar-refractivity contribution in [3.63, 3.8) is 0 Å². The molecule has 0 atom stereocenters. The summed E-state index contributed by atoms with van der Waals surface area (Å²) in [6, 6.07) is 11.6. The smallest absolute Gasteiger partial charge is 0.280 e. The maximum absolute atomic E-state index is 13.5. The van der Waals surface area contributed by atoms with Gasteiger partial charge in [-0.05, 0) is 62.1 Å². The number of nitro benzene ring substituents is 1. The van der Waals surface area contributed by atoms with Gasteiger partial charge in [0.05, 0.1) is 22.5 Å². The van der Waals surface area contributed by atoms with Gasteiger partial charge in [-0.2, -0.15) is 0 Å². The van der Waals surface area contributed by atoms with Crippen LogP contribution in [0, 0.1) is 37.8 Å². The quantitative estimate of drug-likeness (QED) is 0.351. The van der Waals surface area contributed by atoms with Crippen molar-refractivity contribution in [1.29, 1.82) is 0 Å². The summed E-state index contributed by atoms with van der Waals surface area (Å²) in [5.41, 5.74) is 3.42. The molecule has 7 nitrogen and oxygen atoms in total. The predicted molar refractivity (Wildman–Crippen MR) is 123 cm³/mol. The molecule has 2 aromatic heterocycles. The summed E-state index contributed by atoms with van der Waals surface area (Å²) in [5.74, 6) is 0. The molecule has 0 saturated carbocycles. The monoisotopic (exact) mass is 435 g/mol. The molecule has 0 saturated heterocycles. The Morgan fingerprint density at radius 2 is 1.65 bits per heavy atom. The molecule has 4 rings (SSSR count). The molecule has 0 aliphatic heterocycles. The fraction of sp³-hybridized carbons (Fsp3) is 0.217. The molecule has 0 aliphatic carbocycles. The highest BCUT2D eigenvalue weighted by Gasteiger charge is 2.20. The summed E-state index contributed by atoms with van der Waals surface area (Å²) < 4.78 is 2.80. The molecule has 158 valence electrons. The molecule has 8 heteroatoms. The first-order chi connectivity index (χ1) is 14.7. The average molecular weight is 436 g/mol. The zero-order valence-electron chi connectivity index (χ0n) is 17.6. The van der Waals surface area contributed by atoms with Crippen LogP contribution in [0.25, 0.3) is 15.9 Å². The zero-order valence-corrected chi connectivity index (χ0v) is 18.4. The van der Waals surface area contributed by atoms with Crippen LogP contribution in [0.3, 0.4) is 0 Å². The number of aryl methyl sites for hydroxylation is 4. The van der Waals surface area contributed by atoms with Crippen LogP contribution in [-0.2, 0) is 6.54 Å². The van der Waals surface area contributed by atoms with Crippen LogP contribution in [0.5, 0.6) is 0 Å².